The SMILES string of the molecule is CCOC(=O)/C=C/[C@@]1(C)C[C@H]2[C@@H]1CC[C@@]2(C)OC(=O)c1cc([N+](=O)[O-])cc([N+](=O)[O-])c1. The average Bonchev–Trinajstić information content (AvgIpc) is 2.97. The highest BCUT2D eigenvalue weighted by molar-refractivity contribution is 5.91. The molecule has 10 heteroatoms. The van der Waals surface area contributed by atoms with Crippen molar-refractivity contribution in [1.82, 2.24) is 0 Å². The molecule has 0 amide bonds. The molecular weight excluding hydrogens is 408 g/mol. The van der Waals surface area contributed by atoms with Crippen LogP contribution in [0.4, 0.5) is 11.4 Å². The minimum Gasteiger partial charge on any atom is -0.463 e. The van der Waals surface area contributed by atoms with Gasteiger partial charge in [0.05, 0.1) is 28.1 Å². The third-order valence-corrected chi connectivity index (χ3v) is 6.50. The number of nitro benzene ring substituents is 2. The molecule has 2 aliphatic carbocycles. The Bertz CT molecular complexity index is 942. The van der Waals surface area contributed by atoms with Gasteiger partial charge in [-0.3, -0.25) is 20.2 Å². The third-order valence-electron chi connectivity index (χ3n) is 6.50. The van der Waals surface area contributed by atoms with Crippen LogP contribution in [0.1, 0.15) is 50.4 Å². The van der Waals surface area contributed by atoms with Crippen LogP contribution in [-0.2, 0) is 14.3 Å². The molecule has 2 saturated carbocycles. The van der Waals surface area contributed by atoms with Crippen molar-refractivity contribution in [3.8, 4) is 0 Å². The number of carbonyl (C=O) groups is 2. The molecule has 0 unspecified atom stereocenters. The Kier molecular flexibility index (Phi) is 5.84. The minimum atomic E-state index is -0.828. The molecule has 0 aliphatic heterocycles. The Morgan fingerprint density at radius 2 is 1.74 bits per heavy atom. The Morgan fingerprint density at radius 1 is 1.13 bits per heavy atom. The van der Waals surface area contributed by atoms with Crippen LogP contribution in [0.3, 0.4) is 0 Å². The molecule has 31 heavy (non-hydrogen) atoms. The number of hydrogen-bond acceptors (Lipinski definition) is 8. The van der Waals surface area contributed by atoms with E-state index in [-0.39, 0.29) is 22.8 Å². The second-order valence-corrected chi connectivity index (χ2v) is 8.50. The molecule has 2 fully saturated rings. The number of nitrogens with zero attached hydrogens (tertiary/aromatic N) is 2. The second kappa shape index (κ2) is 8.09. The standard InChI is InChI=1S/C21H24N2O8/c1-4-30-18(24)6-7-20(2)12-17-16(20)5-8-21(17,3)31-19(25)13-9-14(22(26)27)11-15(10-13)23(28)29/h6-7,9-11,16-17H,4-5,8,12H2,1-3H3/b7-6+/t16-,17-,20-,21+/m0/s1. The number of nitro groups is 2. The maximum Gasteiger partial charge on any atom is 0.339 e. The van der Waals surface area contributed by atoms with E-state index in [2.05, 4.69) is 0 Å². The summed E-state index contributed by atoms with van der Waals surface area (Å²) in [5.74, 6) is -0.963. The maximum atomic E-state index is 12.7. The quantitative estimate of drug-likeness (QED) is 0.273. The van der Waals surface area contributed by atoms with Crippen LogP contribution in [0.15, 0.2) is 30.4 Å². The maximum absolute atomic E-state index is 12.7. The number of ether oxygens (including phenoxy) is 2. The van der Waals surface area contributed by atoms with Crippen molar-refractivity contribution in [2.24, 2.45) is 17.3 Å². The average molecular weight is 432 g/mol. The number of rotatable bonds is 7. The van der Waals surface area contributed by atoms with Crippen molar-refractivity contribution in [2.45, 2.75) is 45.6 Å². The molecule has 0 N–H and O–H groups in total. The van der Waals surface area contributed by atoms with Crippen molar-refractivity contribution in [3.63, 3.8) is 0 Å². The second-order valence-electron chi connectivity index (χ2n) is 8.50. The zero-order valence-corrected chi connectivity index (χ0v) is 17.5. The molecule has 4 atom stereocenters. The van der Waals surface area contributed by atoms with Gasteiger partial charge in [-0.2, -0.15) is 0 Å². The Morgan fingerprint density at radius 3 is 2.29 bits per heavy atom. The predicted molar refractivity (Wildman–Crippen MR) is 108 cm³/mol. The van der Waals surface area contributed by atoms with E-state index in [1.165, 1.54) is 6.08 Å². The Labute approximate surface area is 178 Å². The van der Waals surface area contributed by atoms with Crippen molar-refractivity contribution in [1.29, 1.82) is 0 Å². The third kappa shape index (κ3) is 4.28. The zero-order chi connectivity index (χ0) is 23.0. The van der Waals surface area contributed by atoms with E-state index in [1.807, 2.05) is 19.9 Å². The molecule has 3 rings (SSSR count). The number of non-ortho nitro benzene ring substituents is 2. The first-order valence-corrected chi connectivity index (χ1v) is 10.0. The highest BCUT2D eigenvalue weighted by atomic mass is 16.6. The summed E-state index contributed by atoms with van der Waals surface area (Å²) in [7, 11) is 0. The topological polar surface area (TPSA) is 139 Å². The lowest BCUT2D eigenvalue weighted by atomic mass is 9.53. The highest BCUT2D eigenvalue weighted by Gasteiger charge is 2.61. The van der Waals surface area contributed by atoms with Crippen molar-refractivity contribution < 1.29 is 28.9 Å². The molecule has 0 aromatic heterocycles. The summed E-state index contributed by atoms with van der Waals surface area (Å²) < 4.78 is 10.7. The first-order valence-electron chi connectivity index (χ1n) is 10.0. The van der Waals surface area contributed by atoms with Gasteiger partial charge in [-0.05, 0) is 44.4 Å². The smallest absolute Gasteiger partial charge is 0.339 e. The van der Waals surface area contributed by atoms with Gasteiger partial charge in [-0.15, -0.1) is 0 Å². The lowest BCUT2D eigenvalue weighted by molar-refractivity contribution is -0.394. The molecule has 10 nitrogen and oxygen atoms in total. The number of allylic oxidation sites excluding steroid dienone is 1. The highest BCUT2D eigenvalue weighted by Crippen LogP contribution is 2.64. The molecule has 0 spiro atoms. The van der Waals surface area contributed by atoms with Gasteiger partial charge in [0, 0.05) is 24.1 Å². The fraction of sp³-hybridized carbons (Fsp3) is 0.524. The Balaban J connectivity index is 1.75. The summed E-state index contributed by atoms with van der Waals surface area (Å²) in [5.41, 5.74) is -2.33. The van der Waals surface area contributed by atoms with Gasteiger partial charge in [0.15, 0.2) is 0 Å². The van der Waals surface area contributed by atoms with E-state index in [4.69, 9.17) is 9.47 Å². The van der Waals surface area contributed by atoms with Crippen LogP contribution in [0.25, 0.3) is 0 Å². The van der Waals surface area contributed by atoms with Crippen LogP contribution in [0.5, 0.6) is 0 Å². The van der Waals surface area contributed by atoms with Crippen LogP contribution in [-0.4, -0.2) is 34.0 Å². The van der Waals surface area contributed by atoms with Crippen LogP contribution < -0.4 is 0 Å². The lowest BCUT2D eigenvalue weighted by Crippen LogP contribution is -2.51. The molecule has 2 aliphatic rings. The van der Waals surface area contributed by atoms with Gasteiger partial charge in [0.25, 0.3) is 11.4 Å². The first-order chi connectivity index (χ1) is 14.5. The van der Waals surface area contributed by atoms with Gasteiger partial charge in [0.2, 0.25) is 0 Å². The zero-order valence-electron chi connectivity index (χ0n) is 17.5. The van der Waals surface area contributed by atoms with Gasteiger partial charge in [-0.25, -0.2) is 9.59 Å². The lowest BCUT2D eigenvalue weighted by Gasteiger charge is -2.52. The summed E-state index contributed by atoms with van der Waals surface area (Å²) in [5, 5.41) is 22.2. The normalized spacial score (nSPS) is 29.1. The monoisotopic (exact) mass is 432 g/mol. The summed E-state index contributed by atoms with van der Waals surface area (Å²) in [6.07, 6.45) is 5.36. The number of esters is 2. The van der Waals surface area contributed by atoms with Crippen molar-refractivity contribution >= 4 is 23.3 Å². The van der Waals surface area contributed by atoms with Gasteiger partial charge in [-0.1, -0.05) is 13.0 Å². The van der Waals surface area contributed by atoms with Crippen LogP contribution >= 0.6 is 0 Å². The number of benzene rings is 1. The minimum absolute atomic E-state index is 0.0574. The molecule has 0 bridgehead atoms. The van der Waals surface area contributed by atoms with Crippen LogP contribution in [0, 0.1) is 37.5 Å². The molecule has 166 valence electrons. The summed E-state index contributed by atoms with van der Waals surface area (Å²) in [4.78, 5) is 44.9. The molecule has 1 aromatic carbocycles. The van der Waals surface area contributed by atoms with Gasteiger partial charge >= 0.3 is 11.9 Å². The van der Waals surface area contributed by atoms with E-state index in [1.54, 1.807) is 6.92 Å². The number of carbonyl (C=O) groups excluding carboxylic acids is 2. The molecule has 0 heterocycles. The van der Waals surface area contributed by atoms with E-state index in [9.17, 15) is 29.8 Å². The predicted octanol–water partition coefficient (Wildman–Crippen LogP) is 3.97. The summed E-state index contributed by atoms with van der Waals surface area (Å²) in [6, 6.07) is 2.77. The summed E-state index contributed by atoms with van der Waals surface area (Å²) in [6.45, 7) is 5.90. The Hall–Kier alpha value is -3.30. The van der Waals surface area contributed by atoms with Crippen LogP contribution in [0.2, 0.25) is 0 Å². The van der Waals surface area contributed by atoms with E-state index < -0.39 is 38.8 Å². The van der Waals surface area contributed by atoms with E-state index >= 15 is 0 Å². The molecule has 1 aromatic rings. The fourth-order valence-electron chi connectivity index (χ4n) is 4.83. The van der Waals surface area contributed by atoms with Gasteiger partial charge in [0.1, 0.15) is 5.60 Å². The van der Waals surface area contributed by atoms with Crippen molar-refractivity contribution in [3.05, 3.63) is 56.1 Å². The van der Waals surface area contributed by atoms with E-state index in [0.29, 0.717) is 19.4 Å². The first kappa shape index (κ1) is 22.4. The number of hydrogen-bond donors (Lipinski definition) is 0. The van der Waals surface area contributed by atoms with E-state index in [0.717, 1.165) is 24.6 Å². The molecule has 0 saturated heterocycles. The molecular formula is C21H24N2O8. The number of fused-ring (bicyclic) bond motifs is 1. The summed E-state index contributed by atoms with van der Waals surface area (Å²) >= 11 is 0. The molecule has 0 radical (unpaired) electrons. The van der Waals surface area contributed by atoms with Crippen molar-refractivity contribution in [2.75, 3.05) is 6.61 Å². The largest absolute Gasteiger partial charge is 0.463 e. The fourth-order valence-corrected chi connectivity index (χ4v) is 4.83. The van der Waals surface area contributed by atoms with Gasteiger partial charge < -0.3 is 9.47 Å².